The topological polar surface area (TPSA) is 62.6 Å². The van der Waals surface area contributed by atoms with E-state index in [4.69, 9.17) is 4.42 Å². The molecular weight excluding hydrogens is 403 g/mol. The molecule has 2 rings (SSSR count). The van der Waals surface area contributed by atoms with Crippen LogP contribution in [-0.4, -0.2) is 29.8 Å². The minimum absolute atomic E-state index is 0.143. The van der Waals surface area contributed by atoms with Crippen LogP contribution in [-0.2, 0) is 16.1 Å². The van der Waals surface area contributed by atoms with E-state index >= 15 is 0 Å². The molecule has 1 N–H and O–H groups in total. The zero-order valence-electron chi connectivity index (χ0n) is 14.4. The van der Waals surface area contributed by atoms with Gasteiger partial charge in [0.25, 0.3) is 0 Å². The van der Waals surface area contributed by atoms with Gasteiger partial charge in [-0.25, -0.2) is 4.39 Å². The fourth-order valence-electron chi connectivity index (χ4n) is 2.30. The summed E-state index contributed by atoms with van der Waals surface area (Å²) in [5.41, 5.74) is 0.444. The number of halogens is 2. The van der Waals surface area contributed by atoms with Crippen molar-refractivity contribution in [2.45, 2.75) is 19.9 Å². The van der Waals surface area contributed by atoms with Gasteiger partial charge in [-0.3, -0.25) is 9.59 Å². The highest BCUT2D eigenvalue weighted by Crippen LogP contribution is 2.17. The van der Waals surface area contributed by atoms with Gasteiger partial charge in [-0.1, -0.05) is 15.9 Å². The largest absolute Gasteiger partial charge is 0.465 e. The van der Waals surface area contributed by atoms with Crippen molar-refractivity contribution in [3.05, 3.63) is 64.3 Å². The second-order valence-electron chi connectivity index (χ2n) is 5.53. The van der Waals surface area contributed by atoms with Crippen LogP contribution >= 0.6 is 15.9 Å². The minimum atomic E-state index is -0.351. The molecular formula is C19H20BrFN2O3. The van der Waals surface area contributed by atoms with Gasteiger partial charge in [0.2, 0.25) is 11.8 Å². The lowest BCUT2D eigenvalue weighted by molar-refractivity contribution is -0.131. The van der Waals surface area contributed by atoms with Gasteiger partial charge in [-0.15, -0.1) is 0 Å². The van der Waals surface area contributed by atoms with Gasteiger partial charge in [0.05, 0.1) is 6.26 Å². The van der Waals surface area contributed by atoms with Crippen molar-refractivity contribution >= 4 is 33.8 Å². The normalized spacial score (nSPS) is 10.9. The molecule has 0 saturated heterocycles. The number of carbonyl (C=O) groups is 2. The van der Waals surface area contributed by atoms with E-state index in [2.05, 4.69) is 21.2 Å². The number of hydrogen-bond donors (Lipinski definition) is 1. The van der Waals surface area contributed by atoms with Crippen molar-refractivity contribution in [1.29, 1.82) is 0 Å². The van der Waals surface area contributed by atoms with Crippen LogP contribution in [0.15, 0.2) is 51.6 Å². The molecule has 1 aromatic heterocycles. The first kappa shape index (κ1) is 19.9. The number of carbonyl (C=O) groups excluding carboxylic acids is 2. The minimum Gasteiger partial charge on any atom is -0.465 e. The maximum atomic E-state index is 13.9. The number of nitrogens with one attached hydrogen (secondary N) is 1. The molecule has 0 aliphatic carbocycles. The predicted molar refractivity (Wildman–Crippen MR) is 101 cm³/mol. The first-order chi connectivity index (χ1) is 12.5. The van der Waals surface area contributed by atoms with Gasteiger partial charge < -0.3 is 14.6 Å². The third kappa shape index (κ3) is 6.15. The number of rotatable bonds is 8. The van der Waals surface area contributed by atoms with Crippen molar-refractivity contribution in [2.75, 3.05) is 13.1 Å². The molecule has 0 aliphatic heterocycles. The van der Waals surface area contributed by atoms with E-state index < -0.39 is 0 Å². The van der Waals surface area contributed by atoms with Gasteiger partial charge in [0.1, 0.15) is 11.6 Å². The molecule has 1 heterocycles. The number of benzene rings is 1. The SMILES string of the molecule is CCN(Cc1cc(Br)ccc1F)C(=O)CCNC(=O)/C=C/c1ccco1. The molecule has 0 bridgehead atoms. The summed E-state index contributed by atoms with van der Waals surface area (Å²) < 4.78 is 19.7. The average molecular weight is 423 g/mol. The molecule has 0 unspecified atom stereocenters. The molecule has 0 atom stereocenters. The maximum Gasteiger partial charge on any atom is 0.244 e. The highest BCUT2D eigenvalue weighted by molar-refractivity contribution is 9.10. The Kier molecular flexibility index (Phi) is 7.59. The number of hydrogen-bond acceptors (Lipinski definition) is 3. The molecule has 5 nitrogen and oxygen atoms in total. The Balaban J connectivity index is 1.81. The summed E-state index contributed by atoms with van der Waals surface area (Å²) in [7, 11) is 0. The molecule has 26 heavy (non-hydrogen) atoms. The highest BCUT2D eigenvalue weighted by atomic mass is 79.9. The Bertz CT molecular complexity index is 775. The van der Waals surface area contributed by atoms with Crippen LogP contribution in [0, 0.1) is 5.82 Å². The molecule has 0 radical (unpaired) electrons. The zero-order chi connectivity index (χ0) is 18.9. The molecule has 0 saturated carbocycles. The van der Waals surface area contributed by atoms with Gasteiger partial charge in [0, 0.05) is 42.2 Å². The first-order valence-electron chi connectivity index (χ1n) is 8.20. The third-order valence-electron chi connectivity index (χ3n) is 3.68. The lowest BCUT2D eigenvalue weighted by Crippen LogP contribution is -2.34. The molecule has 2 amide bonds. The van der Waals surface area contributed by atoms with Crippen LogP contribution < -0.4 is 5.32 Å². The summed E-state index contributed by atoms with van der Waals surface area (Å²) in [6, 6.07) is 8.09. The van der Waals surface area contributed by atoms with Crippen LogP contribution in [0.3, 0.4) is 0 Å². The number of furan rings is 1. The number of nitrogens with zero attached hydrogens (tertiary/aromatic N) is 1. The summed E-state index contributed by atoms with van der Waals surface area (Å²) in [6.45, 7) is 2.68. The number of amides is 2. The van der Waals surface area contributed by atoms with Gasteiger partial charge in [-0.05, 0) is 43.3 Å². The lowest BCUT2D eigenvalue weighted by Gasteiger charge is -2.21. The Morgan fingerprint density at radius 2 is 2.15 bits per heavy atom. The lowest BCUT2D eigenvalue weighted by atomic mass is 10.2. The molecule has 138 valence electrons. The van der Waals surface area contributed by atoms with Gasteiger partial charge >= 0.3 is 0 Å². The Morgan fingerprint density at radius 3 is 2.85 bits per heavy atom. The van der Waals surface area contributed by atoms with E-state index in [0.717, 1.165) is 4.47 Å². The Hall–Kier alpha value is -2.41. The maximum absolute atomic E-state index is 13.9. The van der Waals surface area contributed by atoms with E-state index in [0.29, 0.717) is 17.9 Å². The van der Waals surface area contributed by atoms with Crippen molar-refractivity contribution in [1.82, 2.24) is 10.2 Å². The third-order valence-corrected chi connectivity index (χ3v) is 4.18. The fourth-order valence-corrected chi connectivity index (χ4v) is 2.71. The summed E-state index contributed by atoms with van der Waals surface area (Å²) >= 11 is 3.30. The summed E-state index contributed by atoms with van der Waals surface area (Å²) in [4.78, 5) is 25.6. The monoisotopic (exact) mass is 422 g/mol. The van der Waals surface area contributed by atoms with Crippen molar-refractivity contribution in [3.63, 3.8) is 0 Å². The Labute approximate surface area is 160 Å². The summed E-state index contributed by atoms with van der Waals surface area (Å²) in [6.07, 6.45) is 4.55. The fraction of sp³-hybridized carbons (Fsp3) is 0.263. The average Bonchev–Trinajstić information content (AvgIpc) is 3.14. The quantitative estimate of drug-likeness (QED) is 0.658. The van der Waals surface area contributed by atoms with E-state index in [-0.39, 0.29) is 37.1 Å². The van der Waals surface area contributed by atoms with Crippen LogP contribution in [0.5, 0.6) is 0 Å². The molecule has 7 heteroatoms. The second kappa shape index (κ2) is 9.91. The van der Waals surface area contributed by atoms with Crippen LogP contribution in [0.25, 0.3) is 6.08 Å². The van der Waals surface area contributed by atoms with E-state index in [1.807, 2.05) is 6.92 Å². The molecule has 1 aromatic carbocycles. The zero-order valence-corrected chi connectivity index (χ0v) is 16.0. The predicted octanol–water partition coefficient (Wildman–Crippen LogP) is 3.75. The summed E-state index contributed by atoms with van der Waals surface area (Å²) in [5.74, 6) is -0.238. The molecule has 2 aromatic rings. The highest BCUT2D eigenvalue weighted by Gasteiger charge is 2.14. The smallest absolute Gasteiger partial charge is 0.244 e. The second-order valence-corrected chi connectivity index (χ2v) is 6.45. The molecule has 0 aliphatic rings. The van der Waals surface area contributed by atoms with E-state index in [9.17, 15) is 14.0 Å². The molecule has 0 fully saturated rings. The van der Waals surface area contributed by atoms with Crippen molar-refractivity contribution in [3.8, 4) is 0 Å². The summed E-state index contributed by atoms with van der Waals surface area (Å²) in [5, 5.41) is 2.64. The molecule has 0 spiro atoms. The van der Waals surface area contributed by atoms with Crippen molar-refractivity contribution in [2.24, 2.45) is 0 Å². The van der Waals surface area contributed by atoms with Gasteiger partial charge in [0.15, 0.2) is 0 Å². The first-order valence-corrected chi connectivity index (χ1v) is 9.00. The Morgan fingerprint density at radius 1 is 1.35 bits per heavy atom. The van der Waals surface area contributed by atoms with Gasteiger partial charge in [-0.2, -0.15) is 0 Å². The standard InChI is InChI=1S/C19H20BrFN2O3/c1-2-23(13-14-12-15(20)5-7-17(14)21)19(25)9-10-22-18(24)8-6-16-4-3-11-26-16/h3-8,11-12H,2,9-10,13H2,1H3,(H,22,24)/b8-6+. The van der Waals surface area contributed by atoms with Crippen LogP contribution in [0.4, 0.5) is 4.39 Å². The van der Waals surface area contributed by atoms with Crippen molar-refractivity contribution < 1.29 is 18.4 Å². The van der Waals surface area contributed by atoms with E-state index in [1.54, 1.807) is 35.2 Å². The van der Waals surface area contributed by atoms with E-state index in [1.165, 1.54) is 18.4 Å². The van der Waals surface area contributed by atoms with Crippen LogP contribution in [0.2, 0.25) is 0 Å². The van der Waals surface area contributed by atoms with Crippen LogP contribution in [0.1, 0.15) is 24.7 Å².